The third-order valence-electron chi connectivity index (χ3n) is 2.84. The van der Waals surface area contributed by atoms with Crippen LogP contribution in [0.4, 0.5) is 5.95 Å². The predicted molar refractivity (Wildman–Crippen MR) is 78.6 cm³/mol. The van der Waals surface area contributed by atoms with Crippen molar-refractivity contribution in [1.82, 2.24) is 15.0 Å². The van der Waals surface area contributed by atoms with Crippen LogP contribution in [0.3, 0.4) is 0 Å². The summed E-state index contributed by atoms with van der Waals surface area (Å²) in [7, 11) is 0. The second kappa shape index (κ2) is 6.15. The van der Waals surface area contributed by atoms with Gasteiger partial charge >= 0.3 is 0 Å². The van der Waals surface area contributed by atoms with E-state index >= 15 is 0 Å². The first kappa shape index (κ1) is 14.7. The molecule has 108 valence electrons. The molecule has 0 amide bonds. The van der Waals surface area contributed by atoms with Crippen LogP contribution in [0.5, 0.6) is 0 Å². The van der Waals surface area contributed by atoms with Crippen molar-refractivity contribution in [2.45, 2.75) is 26.8 Å². The van der Waals surface area contributed by atoms with Crippen molar-refractivity contribution >= 4 is 18.2 Å². The smallest absolute Gasteiger partial charge is 0.224 e. The van der Waals surface area contributed by atoms with Crippen molar-refractivity contribution < 1.29 is 9.90 Å². The number of aliphatic hydroxyl groups excluding tert-OH is 1. The largest absolute Gasteiger partial charge is 0.515 e. The Kier molecular flexibility index (Phi) is 4.30. The van der Waals surface area contributed by atoms with Crippen LogP contribution in [0.2, 0.25) is 0 Å². The molecule has 0 unspecified atom stereocenters. The van der Waals surface area contributed by atoms with Crippen LogP contribution < -0.4 is 15.9 Å². The minimum absolute atomic E-state index is 0.153. The van der Waals surface area contributed by atoms with Crippen molar-refractivity contribution in [2.75, 3.05) is 5.32 Å². The van der Waals surface area contributed by atoms with Crippen LogP contribution in [0.25, 0.3) is 6.26 Å². The summed E-state index contributed by atoms with van der Waals surface area (Å²) in [6, 6.07) is 3.58. The van der Waals surface area contributed by atoms with Crippen LogP contribution in [-0.2, 0) is 4.79 Å². The Bertz CT molecular complexity index is 887. The molecule has 2 rings (SSSR count). The van der Waals surface area contributed by atoms with Crippen LogP contribution in [0, 0.1) is 17.5 Å². The van der Waals surface area contributed by atoms with Gasteiger partial charge in [-0.2, -0.15) is 0 Å². The number of nitrogens with one attached hydrogen (secondary N) is 1. The van der Waals surface area contributed by atoms with Gasteiger partial charge in [0.05, 0.1) is 16.8 Å². The minimum Gasteiger partial charge on any atom is -0.515 e. The Morgan fingerprint density at radius 3 is 2.67 bits per heavy atom. The van der Waals surface area contributed by atoms with E-state index in [9.17, 15) is 4.79 Å². The fourth-order valence-electron chi connectivity index (χ4n) is 1.83. The first-order chi connectivity index (χ1) is 10.0. The lowest BCUT2D eigenvalue weighted by Gasteiger charge is -2.06. The Labute approximate surface area is 121 Å². The second-order valence-corrected chi connectivity index (χ2v) is 4.86. The molecule has 0 radical (unpaired) electrons. The Morgan fingerprint density at radius 1 is 1.33 bits per heavy atom. The van der Waals surface area contributed by atoms with Crippen LogP contribution >= 0.6 is 0 Å². The minimum atomic E-state index is 0.153. The molecule has 0 bridgehead atoms. The highest BCUT2D eigenvalue weighted by Crippen LogP contribution is 1.96. The molecule has 0 aliphatic rings. The van der Waals surface area contributed by atoms with Gasteiger partial charge in [-0.15, -0.1) is 0 Å². The molecule has 0 spiro atoms. The first-order valence-electron chi connectivity index (χ1n) is 6.52. The molecule has 0 fully saturated rings. The van der Waals surface area contributed by atoms with E-state index in [0.29, 0.717) is 27.4 Å². The van der Waals surface area contributed by atoms with E-state index in [1.165, 1.54) is 0 Å². The Balaban J connectivity index is 2.78. The van der Waals surface area contributed by atoms with Gasteiger partial charge in [0.25, 0.3) is 0 Å². The lowest BCUT2D eigenvalue weighted by molar-refractivity contribution is 0.539. The summed E-state index contributed by atoms with van der Waals surface area (Å²) < 4.78 is 0. The van der Waals surface area contributed by atoms with E-state index in [1.54, 1.807) is 25.3 Å². The molecule has 6 heteroatoms. The Hall–Kier alpha value is -2.72. The standard InChI is InChI=1S/C15H16N4O2/c1-9(2)17-15-16-6-12(14(8-21)19-15)13-5-4-11(7-20)10(3)18-13/h4-7,9,20H,1-3H3,(H,17,19). The quantitative estimate of drug-likeness (QED) is 0.812. The zero-order chi connectivity index (χ0) is 15.4. The molecule has 0 aliphatic carbocycles. The summed E-state index contributed by atoms with van der Waals surface area (Å²) in [5.41, 5.74) is 0.649. The molecule has 0 atom stereocenters. The van der Waals surface area contributed by atoms with Gasteiger partial charge in [0, 0.05) is 23.2 Å². The number of aliphatic hydroxyl groups is 1. The van der Waals surface area contributed by atoms with Gasteiger partial charge in [0.2, 0.25) is 5.95 Å². The van der Waals surface area contributed by atoms with Crippen molar-refractivity contribution in [3.8, 4) is 0 Å². The number of anilines is 1. The van der Waals surface area contributed by atoms with Gasteiger partial charge in [-0.25, -0.2) is 14.8 Å². The van der Waals surface area contributed by atoms with Crippen molar-refractivity contribution in [3.63, 3.8) is 0 Å². The molecule has 21 heavy (non-hydrogen) atoms. The third kappa shape index (κ3) is 3.24. The van der Waals surface area contributed by atoms with Gasteiger partial charge in [0.15, 0.2) is 11.3 Å². The molecular weight excluding hydrogens is 268 g/mol. The number of pyridine rings is 1. The number of aryl methyl sites for hydroxylation is 1. The number of hydrogen-bond acceptors (Lipinski definition) is 6. The summed E-state index contributed by atoms with van der Waals surface area (Å²) in [5.74, 6) is 2.20. The lowest BCUT2D eigenvalue weighted by Crippen LogP contribution is -2.20. The van der Waals surface area contributed by atoms with E-state index in [2.05, 4.69) is 20.3 Å². The third-order valence-corrected chi connectivity index (χ3v) is 2.84. The molecule has 2 aromatic heterocycles. The molecule has 2 N–H and O–H groups in total. The number of aromatic nitrogens is 3. The zero-order valence-corrected chi connectivity index (χ0v) is 12.1. The summed E-state index contributed by atoms with van der Waals surface area (Å²) in [4.78, 5) is 23.8. The first-order valence-corrected chi connectivity index (χ1v) is 6.52. The number of hydrogen-bond donors (Lipinski definition) is 2. The van der Waals surface area contributed by atoms with E-state index < -0.39 is 0 Å². The average Bonchev–Trinajstić information content (AvgIpc) is 2.46. The molecule has 0 saturated carbocycles. The topological polar surface area (TPSA) is 88.0 Å². The Morgan fingerprint density at radius 2 is 2.10 bits per heavy atom. The van der Waals surface area contributed by atoms with Crippen LogP contribution in [0.1, 0.15) is 19.5 Å². The fraction of sp³-hybridized carbons (Fsp3) is 0.267. The van der Waals surface area contributed by atoms with Gasteiger partial charge in [-0.05, 0) is 32.9 Å². The van der Waals surface area contributed by atoms with Crippen molar-refractivity contribution in [2.24, 2.45) is 0 Å². The SMILES string of the molecule is Cc1nc(=c2cnc(NC(C)C)nc2=C=O)ccc1=CO. The van der Waals surface area contributed by atoms with Gasteiger partial charge in [-0.1, -0.05) is 0 Å². The van der Waals surface area contributed by atoms with E-state index in [-0.39, 0.29) is 11.4 Å². The maximum absolute atomic E-state index is 11.1. The summed E-state index contributed by atoms with van der Waals surface area (Å²) in [6.45, 7) is 5.68. The van der Waals surface area contributed by atoms with Crippen molar-refractivity contribution in [1.29, 1.82) is 0 Å². The normalized spacial score (nSPS) is 13.2. The molecule has 0 aliphatic heterocycles. The lowest BCUT2D eigenvalue weighted by atomic mass is 10.2. The van der Waals surface area contributed by atoms with Crippen LogP contribution in [0.15, 0.2) is 18.3 Å². The number of rotatable bonds is 2. The molecule has 2 heterocycles. The fourth-order valence-corrected chi connectivity index (χ4v) is 1.83. The highest BCUT2D eigenvalue weighted by molar-refractivity contribution is 5.45. The summed E-state index contributed by atoms with van der Waals surface area (Å²) >= 11 is 0. The maximum atomic E-state index is 11.1. The monoisotopic (exact) mass is 284 g/mol. The van der Waals surface area contributed by atoms with Crippen LogP contribution in [-0.4, -0.2) is 32.0 Å². The number of nitrogens with zero attached hydrogens (tertiary/aromatic N) is 3. The predicted octanol–water partition coefficient (Wildman–Crippen LogP) is 0.0865. The summed E-state index contributed by atoms with van der Waals surface area (Å²) in [5, 5.41) is 13.9. The molecular formula is C15H16N4O2. The number of carbonyl (C=O) groups excluding carboxylic acids is 1. The maximum Gasteiger partial charge on any atom is 0.224 e. The van der Waals surface area contributed by atoms with Gasteiger partial charge in [0.1, 0.15) is 0 Å². The molecule has 2 aromatic rings. The molecule has 6 nitrogen and oxygen atoms in total. The van der Waals surface area contributed by atoms with Gasteiger partial charge in [-0.3, -0.25) is 4.98 Å². The molecule has 0 saturated heterocycles. The highest BCUT2D eigenvalue weighted by atomic mass is 16.2. The highest BCUT2D eigenvalue weighted by Gasteiger charge is 2.00. The van der Waals surface area contributed by atoms with E-state index in [1.807, 2.05) is 19.8 Å². The second-order valence-electron chi connectivity index (χ2n) is 4.86. The summed E-state index contributed by atoms with van der Waals surface area (Å²) in [6.07, 6.45) is 2.53. The van der Waals surface area contributed by atoms with E-state index in [4.69, 9.17) is 5.11 Å². The molecule has 0 aromatic carbocycles. The van der Waals surface area contributed by atoms with E-state index in [0.717, 1.165) is 6.26 Å². The zero-order valence-electron chi connectivity index (χ0n) is 12.1. The van der Waals surface area contributed by atoms with Gasteiger partial charge < -0.3 is 10.4 Å². The average molecular weight is 284 g/mol. The van der Waals surface area contributed by atoms with Crippen molar-refractivity contribution in [3.05, 3.63) is 45.2 Å².